The summed E-state index contributed by atoms with van der Waals surface area (Å²) in [6.45, 7) is 7.06. The first kappa shape index (κ1) is 83.5. The van der Waals surface area contributed by atoms with E-state index in [0.717, 1.165) is 11.8 Å². The lowest BCUT2D eigenvalue weighted by molar-refractivity contribution is -0.144. The van der Waals surface area contributed by atoms with E-state index in [0.29, 0.717) is 5.56 Å². The average molecular weight is 1440 g/mol. The molecule has 39 heteroatoms. The number of carbonyl (C=O) groups is 15. The van der Waals surface area contributed by atoms with Crippen molar-refractivity contribution in [3.8, 4) is 5.75 Å². The highest BCUT2D eigenvalue weighted by Gasteiger charge is 2.43. The molecule has 98 heavy (non-hydrogen) atoms. The van der Waals surface area contributed by atoms with E-state index in [1.807, 2.05) is 0 Å². The van der Waals surface area contributed by atoms with Gasteiger partial charge >= 0.3 is 11.9 Å². The van der Waals surface area contributed by atoms with E-state index >= 15 is 0 Å². The van der Waals surface area contributed by atoms with Crippen molar-refractivity contribution in [1.29, 1.82) is 0 Å². The molecule has 1 aromatic rings. The van der Waals surface area contributed by atoms with E-state index in [9.17, 15) is 92.3 Å². The molecular weight excluding hydrogens is 1350 g/mol. The first-order valence-corrected chi connectivity index (χ1v) is 33.4. The van der Waals surface area contributed by atoms with Gasteiger partial charge < -0.3 is 106 Å². The number of amides is 13. The molecule has 36 nitrogen and oxygen atoms in total. The van der Waals surface area contributed by atoms with Crippen LogP contribution in [0.25, 0.3) is 0 Å². The molecule has 0 bridgehead atoms. The van der Waals surface area contributed by atoms with Gasteiger partial charge in [0.1, 0.15) is 78.3 Å². The summed E-state index contributed by atoms with van der Waals surface area (Å²) in [5.41, 5.74) is 22.4. The summed E-state index contributed by atoms with van der Waals surface area (Å²) in [5.74, 6) is -16.7. The lowest BCUT2D eigenvalue weighted by atomic mass is 10.0. The maximum absolute atomic E-state index is 14.5. The molecule has 0 unspecified atom stereocenters. The summed E-state index contributed by atoms with van der Waals surface area (Å²) in [4.78, 5) is 208. The van der Waals surface area contributed by atoms with Crippen LogP contribution in [0.3, 0.4) is 0 Å². The minimum atomic E-state index is -1.89. The molecule has 3 rings (SSSR count). The number of aliphatic hydroxyl groups excluding tert-OH is 1. The van der Waals surface area contributed by atoms with Crippen LogP contribution in [-0.4, -0.2) is 246 Å². The molecule has 0 spiro atoms. The van der Waals surface area contributed by atoms with Gasteiger partial charge in [0.2, 0.25) is 76.8 Å². The van der Waals surface area contributed by atoms with Gasteiger partial charge in [-0.25, -0.2) is 4.79 Å². The number of aromatic hydroxyl groups is 1. The number of carboxylic acid groups (broad SMARTS) is 2. The van der Waals surface area contributed by atoms with Crippen molar-refractivity contribution in [3.63, 3.8) is 0 Å². The van der Waals surface area contributed by atoms with Gasteiger partial charge in [0.25, 0.3) is 0 Å². The third kappa shape index (κ3) is 27.0. The zero-order valence-electron chi connectivity index (χ0n) is 54.9. The maximum Gasteiger partial charge on any atom is 0.326 e. The number of hydrogen-bond donors (Lipinski definition) is 21. The van der Waals surface area contributed by atoms with Crippen LogP contribution in [0.4, 0.5) is 0 Å². The second-order valence-corrected chi connectivity index (χ2v) is 25.1. The van der Waals surface area contributed by atoms with Gasteiger partial charge in [-0.2, -0.15) is 37.9 Å². The van der Waals surface area contributed by atoms with E-state index in [4.69, 9.17) is 22.9 Å². The number of aliphatic hydroxyl groups is 1. The number of phenols is 1. The van der Waals surface area contributed by atoms with E-state index in [1.54, 1.807) is 13.8 Å². The molecule has 2 aliphatic heterocycles. The van der Waals surface area contributed by atoms with Gasteiger partial charge in [0.15, 0.2) is 5.96 Å². The number of aliphatic imine (C=N–C) groups is 1. The summed E-state index contributed by atoms with van der Waals surface area (Å²) in [6.07, 6.45) is -3.40. The molecule has 13 amide bonds. The first-order chi connectivity index (χ1) is 46.0. The van der Waals surface area contributed by atoms with Gasteiger partial charge in [-0.05, 0) is 95.8 Å². The number of likely N-dealkylation sites (tertiary alicyclic amines) is 2. The SMILES string of the molecule is CC(C)C[C@H](NC(=O)[C@H](CS)NC(=O)[C@H](Cc1ccc(O)cc1)NC(=O)[C@@H](NC(=O)[C@H](CCC(N)=O)NC(=O)[C@@H]1CCCN1C(=O)[C@H](CS)NC(=O)[C@@H]1CCCN1C(=O)[C@H](CCCN=C(N)N)NC(=O)[C@H](C)NC(=O)[C@H](CC(=O)O)NC(=O)[C@H](CS)NC(=O)[C@H](C)N)[C@@H](C)O)C(=O)O. The fraction of sp³-hybridized carbons (Fsp3) is 0.627. The number of thiol groups is 3. The molecule has 2 heterocycles. The Bertz CT molecular complexity index is 3050. The number of carbonyl (C=O) groups excluding carboxylic acids is 13. The Morgan fingerprint density at radius 2 is 1.01 bits per heavy atom. The number of rotatable bonds is 40. The molecule has 14 atom stereocenters. The van der Waals surface area contributed by atoms with E-state index < -0.39 is 193 Å². The number of aliphatic carboxylic acids is 2. The largest absolute Gasteiger partial charge is 0.508 e. The highest BCUT2D eigenvalue weighted by atomic mass is 32.1. The Morgan fingerprint density at radius 3 is 1.49 bits per heavy atom. The quantitative estimate of drug-likeness (QED) is 0.0126. The number of primary amides is 1. The van der Waals surface area contributed by atoms with Crippen LogP contribution in [0.2, 0.25) is 0 Å². The topological polar surface area (TPSA) is 580 Å². The van der Waals surface area contributed by atoms with Crippen molar-refractivity contribution in [1.82, 2.24) is 63.0 Å². The summed E-state index contributed by atoms with van der Waals surface area (Å²) in [6, 6.07) is -13.5. The number of nitrogens with zero attached hydrogens (tertiary/aromatic N) is 3. The molecule has 0 radical (unpaired) electrons. The summed E-state index contributed by atoms with van der Waals surface area (Å²) in [5, 5.41) is 64.3. The zero-order valence-corrected chi connectivity index (χ0v) is 57.6. The summed E-state index contributed by atoms with van der Waals surface area (Å²) in [7, 11) is 0. The first-order valence-electron chi connectivity index (χ1n) is 31.5. The Kier molecular flexibility index (Phi) is 34.9. The van der Waals surface area contributed by atoms with Crippen molar-refractivity contribution in [2.45, 2.75) is 190 Å². The molecule has 2 fully saturated rings. The smallest absolute Gasteiger partial charge is 0.326 e. The van der Waals surface area contributed by atoms with Crippen LogP contribution in [0.1, 0.15) is 104 Å². The number of nitrogens with one attached hydrogen (secondary N) is 10. The Labute approximate surface area is 581 Å². The fourth-order valence-corrected chi connectivity index (χ4v) is 11.1. The number of carboxylic acids is 2. The second-order valence-electron chi connectivity index (χ2n) is 24.1. The number of guanidine groups is 1. The standard InChI is InChI=1S/C59H93N17O19S3/c1-27(2)21-37(58(94)95)70-52(88)39(25-97)72-50(86)35(22-31-12-14-32(78)15-13-31)69-55(91)45(30(5)77)74-48(84)33(16-17-43(61)79)66-53(89)41-10-8-20-76(41)57(93)40(26-98)73-54(90)42-11-7-19-75(42)56(92)34(9-6-18-64-59(62)63)67-47(83)29(4)65-49(85)36(23-44(80)81)68-51(87)38(24-96)71-46(82)28(3)60/h12-15,27-30,33-42,45,77-78,96-98H,6-11,16-26,60H2,1-5H3,(H2,61,79)(H,65,85)(H,66,89)(H,67,83)(H,68,87)(H,69,91)(H,70,88)(H,71,82)(H,72,86)(H,73,90)(H,74,84)(H,80,81)(H,94,95)(H4,62,63,64)/t28-,29-,30+,33-,34-,35-,36-,37-,38-,39-,40-,41-,42-,45-/m0/s1. The van der Waals surface area contributed by atoms with Crippen molar-refractivity contribution >= 4 is 133 Å². The van der Waals surface area contributed by atoms with Crippen molar-refractivity contribution in [2.75, 3.05) is 36.9 Å². The molecule has 22 N–H and O–H groups in total. The van der Waals surface area contributed by atoms with Crippen LogP contribution < -0.4 is 76.1 Å². The molecule has 0 saturated carbocycles. The number of nitrogens with two attached hydrogens (primary N) is 4. The van der Waals surface area contributed by atoms with Crippen LogP contribution in [0, 0.1) is 5.92 Å². The average Bonchev–Trinajstić information content (AvgIpc) is 1.61. The minimum Gasteiger partial charge on any atom is -0.508 e. The van der Waals surface area contributed by atoms with E-state index in [1.165, 1.54) is 43.0 Å². The Balaban J connectivity index is 1.83. The summed E-state index contributed by atoms with van der Waals surface area (Å²) >= 11 is 12.5. The lowest BCUT2D eigenvalue weighted by Crippen LogP contribution is -2.62. The number of phenolic OH excluding ortho intramolecular Hbond substituents is 1. The molecule has 0 aromatic heterocycles. The zero-order chi connectivity index (χ0) is 73.8. The summed E-state index contributed by atoms with van der Waals surface area (Å²) < 4.78 is 0. The Hall–Kier alpha value is -8.69. The third-order valence-corrected chi connectivity index (χ3v) is 16.6. The monoisotopic (exact) mass is 1440 g/mol. The normalized spacial score (nSPS) is 17.9. The van der Waals surface area contributed by atoms with E-state index in [-0.39, 0.29) is 106 Å². The molecule has 1 aromatic carbocycles. The minimum absolute atomic E-state index is 0.0156. The van der Waals surface area contributed by atoms with Gasteiger partial charge in [0, 0.05) is 49.7 Å². The predicted molar refractivity (Wildman–Crippen MR) is 361 cm³/mol. The molecule has 0 aliphatic carbocycles. The van der Waals surface area contributed by atoms with Gasteiger partial charge in [-0.3, -0.25) is 72.1 Å². The number of hydrogen-bond acceptors (Lipinski definition) is 22. The van der Waals surface area contributed by atoms with Crippen LogP contribution in [0.15, 0.2) is 29.3 Å². The van der Waals surface area contributed by atoms with Gasteiger partial charge in [0.05, 0.1) is 18.6 Å². The maximum atomic E-state index is 14.5. The van der Waals surface area contributed by atoms with Crippen molar-refractivity contribution in [2.24, 2.45) is 33.8 Å². The van der Waals surface area contributed by atoms with E-state index in [2.05, 4.69) is 96.0 Å². The molecular formula is C59H93N17O19S3. The molecule has 2 saturated heterocycles. The van der Waals surface area contributed by atoms with Gasteiger partial charge in [-0.1, -0.05) is 26.0 Å². The highest BCUT2D eigenvalue weighted by molar-refractivity contribution is 7.80. The number of benzene rings is 1. The van der Waals surface area contributed by atoms with Crippen LogP contribution in [-0.2, 0) is 78.3 Å². The third-order valence-electron chi connectivity index (χ3n) is 15.5. The van der Waals surface area contributed by atoms with Crippen molar-refractivity contribution < 1.29 is 92.3 Å². The lowest BCUT2D eigenvalue weighted by Gasteiger charge is -2.32. The van der Waals surface area contributed by atoms with Crippen LogP contribution in [0.5, 0.6) is 5.75 Å². The van der Waals surface area contributed by atoms with Gasteiger partial charge in [-0.15, -0.1) is 0 Å². The molecule has 2 aliphatic rings. The Morgan fingerprint density at radius 1 is 0.551 bits per heavy atom. The predicted octanol–water partition coefficient (Wildman–Crippen LogP) is -6.77. The van der Waals surface area contributed by atoms with Crippen LogP contribution >= 0.6 is 37.9 Å². The highest BCUT2D eigenvalue weighted by Crippen LogP contribution is 2.23. The second kappa shape index (κ2) is 40.9. The molecule has 546 valence electrons. The van der Waals surface area contributed by atoms with Crippen molar-refractivity contribution in [3.05, 3.63) is 29.8 Å². The fourth-order valence-electron chi connectivity index (χ4n) is 10.3.